The molecule has 0 saturated carbocycles. The Kier molecular flexibility index (Phi) is 7.27. The van der Waals surface area contributed by atoms with Gasteiger partial charge in [-0.05, 0) is 130 Å². The van der Waals surface area contributed by atoms with Crippen LogP contribution in [0.1, 0.15) is 46.2 Å². The number of allylic oxidation sites excluding steroid dienone is 4. The number of hydrogen-bond acceptors (Lipinski definition) is 1. The summed E-state index contributed by atoms with van der Waals surface area (Å²) in [6.07, 6.45) is 11.5. The quantitative estimate of drug-likeness (QED) is 0.382. The molecule has 0 amide bonds. The molecular weight excluding hydrogens is 428 g/mol. The van der Waals surface area contributed by atoms with Gasteiger partial charge in [-0.15, -0.1) is 0 Å². The van der Waals surface area contributed by atoms with Crippen molar-refractivity contribution >= 4 is 27.6 Å². The fourth-order valence-electron chi connectivity index (χ4n) is 4.70. The Hall–Kier alpha value is -2.23. The lowest BCUT2D eigenvalue weighted by molar-refractivity contribution is -0.119. The van der Waals surface area contributed by atoms with Crippen LogP contribution in [0.3, 0.4) is 0 Å². The van der Waals surface area contributed by atoms with Crippen molar-refractivity contribution < 1.29 is 4.79 Å². The second kappa shape index (κ2) is 10.1. The van der Waals surface area contributed by atoms with Crippen LogP contribution in [0, 0.1) is 27.7 Å². The van der Waals surface area contributed by atoms with E-state index >= 15 is 0 Å². The van der Waals surface area contributed by atoms with E-state index < -0.39 is 0 Å². The lowest BCUT2D eigenvalue weighted by atomic mass is 9.94. The SMILES string of the molecule is Cc1cc([SH]2C=CC=C2)cc(C)c1CCC(=O)CCc1c(C)cc([SH]2C=CC=C2)cc1C. The van der Waals surface area contributed by atoms with E-state index in [1.54, 1.807) is 0 Å². The Morgan fingerprint density at radius 2 is 0.906 bits per heavy atom. The van der Waals surface area contributed by atoms with Gasteiger partial charge in [-0.1, -0.05) is 24.3 Å². The van der Waals surface area contributed by atoms with Crippen molar-refractivity contribution in [2.24, 2.45) is 0 Å². The molecule has 0 unspecified atom stereocenters. The monoisotopic (exact) mass is 462 g/mol. The number of carbonyl (C=O) groups excluding carboxylic acids is 1. The van der Waals surface area contributed by atoms with E-state index in [1.165, 1.54) is 43.2 Å². The Morgan fingerprint density at radius 1 is 0.594 bits per heavy atom. The first-order chi connectivity index (χ1) is 15.4. The highest BCUT2D eigenvalue weighted by Gasteiger charge is 2.13. The van der Waals surface area contributed by atoms with Gasteiger partial charge in [0.1, 0.15) is 5.78 Å². The summed E-state index contributed by atoms with van der Waals surface area (Å²) in [5, 5.41) is 9.19. The lowest BCUT2D eigenvalue weighted by Gasteiger charge is -2.17. The first-order valence-electron chi connectivity index (χ1n) is 11.4. The predicted molar refractivity (Wildman–Crippen MR) is 145 cm³/mol. The molecule has 32 heavy (non-hydrogen) atoms. The predicted octanol–water partition coefficient (Wildman–Crippen LogP) is 7.86. The molecule has 0 atom stereocenters. The fourth-order valence-corrected chi connectivity index (χ4v) is 8.09. The molecule has 2 aliphatic heterocycles. The number of Topliss-reactive ketones (excluding diaryl/α,β-unsaturated/α-hetero) is 1. The molecule has 2 aromatic carbocycles. The van der Waals surface area contributed by atoms with Crippen molar-refractivity contribution in [3.05, 3.63) is 104 Å². The molecule has 0 fully saturated rings. The van der Waals surface area contributed by atoms with Gasteiger partial charge in [0, 0.05) is 12.8 Å². The average molecular weight is 463 g/mol. The summed E-state index contributed by atoms with van der Waals surface area (Å²) in [7, 11) is -0.569. The standard InChI is InChI=1S/C29H34OS2/c1-21-17-26(31-13-5-6-14-31)18-22(2)28(21)11-9-25(30)10-12-29-23(3)19-27(20-24(29)4)32-15-7-8-16-32/h5-8,13-20,31-32H,9-12H2,1-4H3. The number of rotatable bonds is 8. The molecule has 4 rings (SSSR count). The molecule has 0 saturated heterocycles. The van der Waals surface area contributed by atoms with Gasteiger partial charge in [0.05, 0.1) is 0 Å². The zero-order valence-electron chi connectivity index (χ0n) is 19.6. The summed E-state index contributed by atoms with van der Waals surface area (Å²) in [6.45, 7) is 8.78. The van der Waals surface area contributed by atoms with E-state index in [1.807, 2.05) is 0 Å². The van der Waals surface area contributed by atoms with Crippen LogP contribution >= 0.6 is 21.8 Å². The Bertz CT molecular complexity index is 990. The third-order valence-corrected chi connectivity index (χ3v) is 10.2. The van der Waals surface area contributed by atoms with Crippen LogP contribution in [0.2, 0.25) is 0 Å². The molecule has 1 nitrogen and oxygen atoms in total. The zero-order valence-corrected chi connectivity index (χ0v) is 21.3. The van der Waals surface area contributed by atoms with Gasteiger partial charge in [0.15, 0.2) is 0 Å². The van der Waals surface area contributed by atoms with E-state index in [2.05, 4.69) is 97.9 Å². The van der Waals surface area contributed by atoms with Crippen molar-refractivity contribution in [3.8, 4) is 0 Å². The second-order valence-electron chi connectivity index (χ2n) is 8.84. The minimum absolute atomic E-state index is 0.285. The highest BCUT2D eigenvalue weighted by atomic mass is 32.2. The molecule has 0 spiro atoms. The number of ketones is 1. The summed E-state index contributed by atoms with van der Waals surface area (Å²) < 4.78 is 0. The number of thiol groups is 2. The molecule has 0 bridgehead atoms. The topological polar surface area (TPSA) is 17.1 Å². The first-order valence-corrected chi connectivity index (χ1v) is 14.4. The number of hydrogen-bond donors (Lipinski definition) is 2. The van der Waals surface area contributed by atoms with Crippen molar-refractivity contribution in [2.75, 3.05) is 0 Å². The fraction of sp³-hybridized carbons (Fsp3) is 0.276. The van der Waals surface area contributed by atoms with Crippen molar-refractivity contribution in [1.82, 2.24) is 0 Å². The van der Waals surface area contributed by atoms with Gasteiger partial charge in [0.2, 0.25) is 0 Å². The zero-order chi connectivity index (χ0) is 22.7. The van der Waals surface area contributed by atoms with Crippen LogP contribution in [0.25, 0.3) is 0 Å². The van der Waals surface area contributed by atoms with E-state index in [-0.39, 0.29) is 21.8 Å². The van der Waals surface area contributed by atoms with E-state index in [4.69, 9.17) is 0 Å². The molecule has 0 aromatic heterocycles. The third kappa shape index (κ3) is 5.22. The van der Waals surface area contributed by atoms with E-state index in [0.717, 1.165) is 12.8 Å². The highest BCUT2D eigenvalue weighted by molar-refractivity contribution is 8.22. The maximum Gasteiger partial charge on any atom is 0.133 e. The van der Waals surface area contributed by atoms with Crippen molar-refractivity contribution in [1.29, 1.82) is 0 Å². The highest BCUT2D eigenvalue weighted by Crippen LogP contribution is 2.44. The average Bonchev–Trinajstić information content (AvgIpc) is 3.46. The molecule has 0 radical (unpaired) electrons. The minimum Gasteiger partial charge on any atom is -0.300 e. The number of aryl methyl sites for hydroxylation is 4. The Balaban J connectivity index is 1.36. The van der Waals surface area contributed by atoms with Gasteiger partial charge in [0.25, 0.3) is 0 Å². The lowest BCUT2D eigenvalue weighted by Crippen LogP contribution is -2.06. The summed E-state index contributed by atoms with van der Waals surface area (Å²) in [5.41, 5.74) is 7.99. The van der Waals surface area contributed by atoms with E-state index in [9.17, 15) is 4.79 Å². The molecule has 0 aliphatic carbocycles. The van der Waals surface area contributed by atoms with Crippen LogP contribution in [0.15, 0.2) is 80.0 Å². The molecule has 2 heterocycles. The second-order valence-corrected chi connectivity index (χ2v) is 12.7. The van der Waals surface area contributed by atoms with Crippen molar-refractivity contribution in [3.63, 3.8) is 0 Å². The number of carbonyl (C=O) groups is 1. The molecular formula is C29H34OS2. The normalized spacial score (nSPS) is 16.5. The largest absolute Gasteiger partial charge is 0.300 e. The maximum absolute atomic E-state index is 12.8. The smallest absolute Gasteiger partial charge is 0.133 e. The molecule has 2 aromatic rings. The van der Waals surface area contributed by atoms with Crippen LogP contribution in [0.4, 0.5) is 0 Å². The summed E-state index contributed by atoms with van der Waals surface area (Å²) in [6, 6.07) is 9.29. The van der Waals surface area contributed by atoms with Crippen LogP contribution in [-0.2, 0) is 17.6 Å². The molecule has 2 aliphatic rings. The van der Waals surface area contributed by atoms with Crippen molar-refractivity contribution in [2.45, 2.75) is 63.2 Å². The minimum atomic E-state index is -0.285. The van der Waals surface area contributed by atoms with Crippen LogP contribution < -0.4 is 0 Å². The maximum atomic E-state index is 12.8. The van der Waals surface area contributed by atoms with Gasteiger partial charge in [-0.2, -0.15) is 21.8 Å². The van der Waals surface area contributed by atoms with Crippen LogP contribution in [-0.4, -0.2) is 5.78 Å². The first kappa shape index (κ1) is 22.9. The molecule has 168 valence electrons. The Morgan fingerprint density at radius 3 is 1.22 bits per heavy atom. The third-order valence-electron chi connectivity index (χ3n) is 6.47. The van der Waals surface area contributed by atoms with Crippen LogP contribution in [0.5, 0.6) is 0 Å². The van der Waals surface area contributed by atoms with Gasteiger partial charge in [-0.3, -0.25) is 4.79 Å². The molecule has 3 heteroatoms. The Labute approximate surface area is 198 Å². The van der Waals surface area contributed by atoms with Gasteiger partial charge < -0.3 is 0 Å². The molecule has 0 N–H and O–H groups in total. The van der Waals surface area contributed by atoms with Gasteiger partial charge in [-0.25, -0.2) is 0 Å². The van der Waals surface area contributed by atoms with E-state index in [0.29, 0.717) is 18.6 Å². The summed E-state index contributed by atoms with van der Waals surface area (Å²) in [5.74, 6) is 0.368. The van der Waals surface area contributed by atoms with Gasteiger partial charge >= 0.3 is 0 Å². The number of benzene rings is 2. The summed E-state index contributed by atoms with van der Waals surface area (Å²) >= 11 is 0. The summed E-state index contributed by atoms with van der Waals surface area (Å²) in [4.78, 5) is 15.6.